The average Bonchev–Trinajstić information content (AvgIpc) is 3.34. The molecule has 0 aromatic heterocycles. The lowest BCUT2D eigenvalue weighted by Crippen LogP contribution is -2.39. The number of carbonyl (C=O) groups is 2. The van der Waals surface area contributed by atoms with Crippen molar-refractivity contribution in [2.24, 2.45) is 5.41 Å². The molecule has 2 N–H and O–H groups in total. The van der Waals surface area contributed by atoms with Gasteiger partial charge in [-0.15, -0.1) is 0 Å². The third-order valence-electron chi connectivity index (χ3n) is 4.24. The molecule has 124 valence electrons. The predicted octanol–water partition coefficient (Wildman–Crippen LogP) is 3.79. The van der Waals surface area contributed by atoms with Crippen LogP contribution >= 0.6 is 15.9 Å². The van der Waals surface area contributed by atoms with Gasteiger partial charge in [-0.3, -0.25) is 9.59 Å². The zero-order chi connectivity index (χ0) is 17.2. The lowest BCUT2D eigenvalue weighted by Gasteiger charge is -2.16. The molecule has 0 bridgehead atoms. The summed E-state index contributed by atoms with van der Waals surface area (Å²) in [7, 11) is 0. The third-order valence-corrected chi connectivity index (χ3v) is 4.73. The molecule has 1 aliphatic carbocycles. The fraction of sp³-hybridized carbons (Fsp3) is 0.263. The number of benzene rings is 2. The van der Waals surface area contributed by atoms with Crippen LogP contribution in [0.3, 0.4) is 0 Å². The van der Waals surface area contributed by atoms with Gasteiger partial charge in [-0.2, -0.15) is 0 Å². The maximum Gasteiger partial charge on any atom is 0.240 e. The Kier molecular flexibility index (Phi) is 4.71. The molecule has 2 aromatic rings. The summed E-state index contributed by atoms with van der Waals surface area (Å²) >= 11 is 3.37. The largest absolute Gasteiger partial charge is 0.351 e. The van der Waals surface area contributed by atoms with E-state index in [0.717, 1.165) is 15.6 Å². The number of anilines is 1. The first-order valence-corrected chi connectivity index (χ1v) is 8.70. The molecule has 3 rings (SSSR count). The van der Waals surface area contributed by atoms with E-state index in [1.807, 2.05) is 55.5 Å². The van der Waals surface area contributed by atoms with Crippen LogP contribution in [-0.4, -0.2) is 11.8 Å². The zero-order valence-electron chi connectivity index (χ0n) is 13.4. The molecule has 4 nitrogen and oxygen atoms in total. The molecule has 1 fully saturated rings. The van der Waals surface area contributed by atoms with Gasteiger partial charge >= 0.3 is 0 Å². The smallest absolute Gasteiger partial charge is 0.240 e. The maximum atomic E-state index is 12.5. The van der Waals surface area contributed by atoms with E-state index in [0.29, 0.717) is 25.1 Å². The molecule has 0 heterocycles. The Labute approximate surface area is 149 Å². The molecule has 5 heteroatoms. The van der Waals surface area contributed by atoms with Gasteiger partial charge in [-0.05, 0) is 43.5 Å². The van der Waals surface area contributed by atoms with Crippen LogP contribution in [0.5, 0.6) is 0 Å². The van der Waals surface area contributed by atoms with Crippen molar-refractivity contribution in [2.45, 2.75) is 26.3 Å². The topological polar surface area (TPSA) is 58.2 Å². The first-order valence-electron chi connectivity index (χ1n) is 7.90. The van der Waals surface area contributed by atoms with Gasteiger partial charge in [0.25, 0.3) is 0 Å². The minimum absolute atomic E-state index is 0.198. The maximum absolute atomic E-state index is 12.5. The van der Waals surface area contributed by atoms with Crippen LogP contribution in [0.1, 0.15) is 24.0 Å². The summed E-state index contributed by atoms with van der Waals surface area (Å²) in [5, 5.41) is 5.74. The second-order valence-electron chi connectivity index (χ2n) is 6.22. The number of rotatable bonds is 5. The summed E-state index contributed by atoms with van der Waals surface area (Å²) in [5.41, 5.74) is 1.94. The van der Waals surface area contributed by atoms with Crippen LogP contribution in [-0.2, 0) is 16.1 Å². The molecule has 1 aliphatic rings. The Balaban J connectivity index is 1.62. The number of nitrogens with one attached hydrogen (secondary N) is 2. The van der Waals surface area contributed by atoms with Gasteiger partial charge in [-0.25, -0.2) is 0 Å². The lowest BCUT2D eigenvalue weighted by molar-refractivity contribution is -0.134. The standard InChI is InChI=1S/C19H19BrN2O2/c1-13-4-2-5-14(10-13)12-21-17(23)19(8-9-19)18(24)22-16-7-3-6-15(20)11-16/h2-7,10-11H,8-9,12H2,1H3,(H,21,23)(H,22,24). The fourth-order valence-corrected chi connectivity index (χ4v) is 3.07. The number of amides is 2. The minimum atomic E-state index is -0.924. The molecule has 0 saturated heterocycles. The second-order valence-corrected chi connectivity index (χ2v) is 7.13. The van der Waals surface area contributed by atoms with E-state index in [4.69, 9.17) is 0 Å². The first-order chi connectivity index (χ1) is 11.5. The Morgan fingerprint density at radius 1 is 1.08 bits per heavy atom. The van der Waals surface area contributed by atoms with Crippen molar-refractivity contribution < 1.29 is 9.59 Å². The number of carbonyl (C=O) groups excluding carboxylic acids is 2. The molecule has 1 saturated carbocycles. The van der Waals surface area contributed by atoms with E-state index in [1.165, 1.54) is 0 Å². The van der Waals surface area contributed by atoms with Crippen LogP contribution in [0.2, 0.25) is 0 Å². The summed E-state index contributed by atoms with van der Waals surface area (Å²) in [4.78, 5) is 25.0. The minimum Gasteiger partial charge on any atom is -0.351 e. The molecule has 0 aliphatic heterocycles. The van der Waals surface area contributed by atoms with Crippen molar-refractivity contribution >= 4 is 33.4 Å². The van der Waals surface area contributed by atoms with Crippen LogP contribution < -0.4 is 10.6 Å². The Morgan fingerprint density at radius 2 is 1.83 bits per heavy atom. The van der Waals surface area contributed by atoms with E-state index < -0.39 is 5.41 Å². The van der Waals surface area contributed by atoms with Crippen molar-refractivity contribution in [1.29, 1.82) is 0 Å². The van der Waals surface area contributed by atoms with Crippen LogP contribution in [0.25, 0.3) is 0 Å². The van der Waals surface area contributed by atoms with E-state index in [-0.39, 0.29) is 11.8 Å². The van der Waals surface area contributed by atoms with Crippen molar-refractivity contribution in [2.75, 3.05) is 5.32 Å². The second kappa shape index (κ2) is 6.77. The molecule has 2 aromatic carbocycles. The van der Waals surface area contributed by atoms with Gasteiger partial charge in [-0.1, -0.05) is 51.8 Å². The van der Waals surface area contributed by atoms with E-state index in [1.54, 1.807) is 0 Å². The third kappa shape index (κ3) is 3.67. The zero-order valence-corrected chi connectivity index (χ0v) is 15.0. The molecule has 24 heavy (non-hydrogen) atoms. The molecule has 0 radical (unpaired) electrons. The van der Waals surface area contributed by atoms with Gasteiger partial charge in [0.2, 0.25) is 11.8 Å². The summed E-state index contributed by atoms with van der Waals surface area (Å²) in [6.07, 6.45) is 1.18. The molecule has 0 atom stereocenters. The van der Waals surface area contributed by atoms with E-state index in [9.17, 15) is 9.59 Å². The van der Waals surface area contributed by atoms with Crippen molar-refractivity contribution in [1.82, 2.24) is 5.32 Å². The number of halogens is 1. The van der Waals surface area contributed by atoms with Crippen LogP contribution in [0.4, 0.5) is 5.69 Å². The van der Waals surface area contributed by atoms with Gasteiger partial charge in [0.15, 0.2) is 0 Å². The molecular weight excluding hydrogens is 368 g/mol. The molecule has 0 unspecified atom stereocenters. The summed E-state index contributed by atoms with van der Waals surface area (Å²) in [5.74, 6) is -0.432. The summed E-state index contributed by atoms with van der Waals surface area (Å²) in [6.45, 7) is 2.45. The summed E-state index contributed by atoms with van der Waals surface area (Å²) < 4.78 is 0.883. The average molecular weight is 387 g/mol. The monoisotopic (exact) mass is 386 g/mol. The van der Waals surface area contributed by atoms with Gasteiger partial charge < -0.3 is 10.6 Å². The van der Waals surface area contributed by atoms with Crippen molar-refractivity contribution in [3.63, 3.8) is 0 Å². The quantitative estimate of drug-likeness (QED) is 0.767. The van der Waals surface area contributed by atoms with Crippen molar-refractivity contribution in [3.8, 4) is 0 Å². The normalized spacial score (nSPS) is 14.8. The Morgan fingerprint density at radius 3 is 2.50 bits per heavy atom. The highest BCUT2D eigenvalue weighted by Gasteiger charge is 2.56. The van der Waals surface area contributed by atoms with Gasteiger partial charge in [0, 0.05) is 16.7 Å². The van der Waals surface area contributed by atoms with Gasteiger partial charge in [0.05, 0.1) is 0 Å². The Hall–Kier alpha value is -2.14. The van der Waals surface area contributed by atoms with Crippen LogP contribution in [0, 0.1) is 12.3 Å². The first kappa shape index (κ1) is 16.7. The fourth-order valence-electron chi connectivity index (χ4n) is 2.67. The summed E-state index contributed by atoms with van der Waals surface area (Å²) in [6, 6.07) is 15.3. The van der Waals surface area contributed by atoms with E-state index in [2.05, 4.69) is 26.6 Å². The molecule has 0 spiro atoms. The number of aryl methyl sites for hydroxylation is 1. The highest BCUT2D eigenvalue weighted by molar-refractivity contribution is 9.10. The SMILES string of the molecule is Cc1cccc(CNC(=O)C2(C(=O)Nc3cccc(Br)c3)CC2)c1. The lowest BCUT2D eigenvalue weighted by atomic mass is 10.0. The highest BCUT2D eigenvalue weighted by atomic mass is 79.9. The van der Waals surface area contributed by atoms with E-state index >= 15 is 0 Å². The Bertz CT molecular complexity index is 784. The number of hydrogen-bond donors (Lipinski definition) is 2. The highest BCUT2D eigenvalue weighted by Crippen LogP contribution is 2.47. The van der Waals surface area contributed by atoms with Crippen LogP contribution in [0.15, 0.2) is 53.0 Å². The van der Waals surface area contributed by atoms with Crippen molar-refractivity contribution in [3.05, 3.63) is 64.1 Å². The van der Waals surface area contributed by atoms with Gasteiger partial charge in [0.1, 0.15) is 5.41 Å². The molecule has 2 amide bonds. The molecular formula is C19H19BrN2O2. The predicted molar refractivity (Wildman–Crippen MR) is 97.5 cm³/mol. The number of hydrogen-bond acceptors (Lipinski definition) is 2.